The van der Waals surface area contributed by atoms with E-state index in [-0.39, 0.29) is 24.0 Å². The van der Waals surface area contributed by atoms with Crippen molar-refractivity contribution in [3.8, 4) is 5.75 Å². The molecule has 0 radical (unpaired) electrons. The maximum absolute atomic E-state index is 12.1. The summed E-state index contributed by atoms with van der Waals surface area (Å²) in [5.74, 6) is -0.0105. The number of carbonyl (C=O) groups excluding carboxylic acids is 1. The molecule has 1 heterocycles. The molecule has 7 nitrogen and oxygen atoms in total. The Bertz CT molecular complexity index is 513. The van der Waals surface area contributed by atoms with Gasteiger partial charge in [-0.2, -0.15) is 0 Å². The van der Waals surface area contributed by atoms with Crippen molar-refractivity contribution in [1.82, 2.24) is 10.2 Å². The van der Waals surface area contributed by atoms with Crippen molar-refractivity contribution in [2.24, 2.45) is 0 Å². The van der Waals surface area contributed by atoms with E-state index in [0.717, 1.165) is 12.8 Å². The Morgan fingerprint density at radius 1 is 1.43 bits per heavy atom. The van der Waals surface area contributed by atoms with Crippen LogP contribution in [0.2, 0.25) is 0 Å². The number of benzene rings is 1. The van der Waals surface area contributed by atoms with E-state index in [9.17, 15) is 14.9 Å². The average Bonchev–Trinajstić information content (AvgIpc) is 2.52. The van der Waals surface area contributed by atoms with Gasteiger partial charge in [-0.3, -0.25) is 14.9 Å². The Balaban J connectivity index is 1.89. The molecule has 114 valence electrons. The molecule has 2 rings (SSSR count). The zero-order valence-electron chi connectivity index (χ0n) is 11.9. The predicted molar refractivity (Wildman–Crippen MR) is 77.3 cm³/mol. The first-order chi connectivity index (χ1) is 10.1. The van der Waals surface area contributed by atoms with Crippen LogP contribution >= 0.6 is 0 Å². The summed E-state index contributed by atoms with van der Waals surface area (Å²) in [6.07, 6.45) is 1.82. The molecule has 0 unspecified atom stereocenters. The SMILES string of the molecule is CNC1CCN(C(=O)COc2ccccc2[N+](=O)[O-])CC1. The van der Waals surface area contributed by atoms with E-state index in [1.165, 1.54) is 12.1 Å². The Labute approximate surface area is 123 Å². The van der Waals surface area contributed by atoms with Gasteiger partial charge >= 0.3 is 5.69 Å². The van der Waals surface area contributed by atoms with E-state index in [1.54, 1.807) is 17.0 Å². The van der Waals surface area contributed by atoms with Gasteiger partial charge in [-0.15, -0.1) is 0 Å². The first-order valence-corrected chi connectivity index (χ1v) is 6.93. The molecule has 1 amide bonds. The van der Waals surface area contributed by atoms with Gasteiger partial charge in [0.25, 0.3) is 5.91 Å². The van der Waals surface area contributed by atoms with Gasteiger partial charge in [0.2, 0.25) is 0 Å². The number of rotatable bonds is 5. The second-order valence-corrected chi connectivity index (χ2v) is 4.96. The van der Waals surface area contributed by atoms with E-state index in [2.05, 4.69) is 5.32 Å². The highest BCUT2D eigenvalue weighted by Crippen LogP contribution is 2.25. The van der Waals surface area contributed by atoms with Crippen LogP contribution in [-0.4, -0.2) is 48.5 Å². The van der Waals surface area contributed by atoms with Crippen molar-refractivity contribution in [2.45, 2.75) is 18.9 Å². The summed E-state index contributed by atoms with van der Waals surface area (Å²) < 4.78 is 5.32. The normalized spacial score (nSPS) is 15.8. The van der Waals surface area contributed by atoms with Gasteiger partial charge in [-0.05, 0) is 26.0 Å². The minimum Gasteiger partial charge on any atom is -0.477 e. The predicted octanol–water partition coefficient (Wildman–Crippen LogP) is 1.18. The number of nitrogens with one attached hydrogen (secondary N) is 1. The summed E-state index contributed by atoms with van der Waals surface area (Å²) in [4.78, 5) is 24.1. The van der Waals surface area contributed by atoms with Crippen molar-refractivity contribution in [1.29, 1.82) is 0 Å². The zero-order valence-corrected chi connectivity index (χ0v) is 11.9. The van der Waals surface area contributed by atoms with E-state index in [4.69, 9.17) is 4.74 Å². The van der Waals surface area contributed by atoms with Crippen LogP contribution in [0.4, 0.5) is 5.69 Å². The summed E-state index contributed by atoms with van der Waals surface area (Å²) in [7, 11) is 1.92. The van der Waals surface area contributed by atoms with Crippen molar-refractivity contribution in [2.75, 3.05) is 26.7 Å². The lowest BCUT2D eigenvalue weighted by atomic mass is 10.1. The van der Waals surface area contributed by atoms with Crippen LogP contribution in [0, 0.1) is 10.1 Å². The monoisotopic (exact) mass is 293 g/mol. The first kappa shape index (κ1) is 15.2. The number of hydrogen-bond acceptors (Lipinski definition) is 5. The number of piperidine rings is 1. The molecule has 1 aromatic rings. The molecule has 0 saturated carbocycles. The number of amides is 1. The molecule has 0 aliphatic carbocycles. The molecule has 1 N–H and O–H groups in total. The van der Waals surface area contributed by atoms with Crippen LogP contribution in [0.25, 0.3) is 0 Å². The number of ether oxygens (including phenoxy) is 1. The molecule has 1 aliphatic rings. The molecule has 0 bridgehead atoms. The molecule has 1 aromatic carbocycles. The third-order valence-corrected chi connectivity index (χ3v) is 3.67. The lowest BCUT2D eigenvalue weighted by molar-refractivity contribution is -0.385. The van der Waals surface area contributed by atoms with Gasteiger partial charge in [0.1, 0.15) is 0 Å². The first-order valence-electron chi connectivity index (χ1n) is 6.93. The third-order valence-electron chi connectivity index (χ3n) is 3.67. The van der Waals surface area contributed by atoms with Crippen LogP contribution in [0.5, 0.6) is 5.75 Å². The van der Waals surface area contributed by atoms with Gasteiger partial charge in [-0.1, -0.05) is 12.1 Å². The van der Waals surface area contributed by atoms with Gasteiger partial charge in [0, 0.05) is 25.2 Å². The van der Waals surface area contributed by atoms with Crippen molar-refractivity contribution in [3.05, 3.63) is 34.4 Å². The number of nitro benzene ring substituents is 1. The van der Waals surface area contributed by atoms with Gasteiger partial charge in [-0.25, -0.2) is 0 Å². The number of carbonyl (C=O) groups is 1. The summed E-state index contributed by atoms with van der Waals surface area (Å²) in [5.41, 5.74) is -0.126. The van der Waals surface area contributed by atoms with Crippen LogP contribution in [0.3, 0.4) is 0 Å². The summed E-state index contributed by atoms with van der Waals surface area (Å²) in [6.45, 7) is 1.20. The highest BCUT2D eigenvalue weighted by atomic mass is 16.6. The van der Waals surface area contributed by atoms with E-state index >= 15 is 0 Å². The second kappa shape index (κ2) is 7.03. The number of likely N-dealkylation sites (tertiary alicyclic amines) is 1. The molecular weight excluding hydrogens is 274 g/mol. The maximum atomic E-state index is 12.1. The van der Waals surface area contributed by atoms with Gasteiger partial charge in [0.05, 0.1) is 4.92 Å². The topological polar surface area (TPSA) is 84.7 Å². The zero-order chi connectivity index (χ0) is 15.2. The Morgan fingerprint density at radius 2 is 2.10 bits per heavy atom. The van der Waals surface area contributed by atoms with Gasteiger partial charge < -0.3 is 15.0 Å². The maximum Gasteiger partial charge on any atom is 0.310 e. The average molecular weight is 293 g/mol. The smallest absolute Gasteiger partial charge is 0.310 e. The Hall–Kier alpha value is -2.15. The van der Waals surface area contributed by atoms with Crippen LogP contribution < -0.4 is 10.1 Å². The standard InChI is InChI=1S/C14H19N3O4/c1-15-11-6-8-16(9-7-11)14(18)10-21-13-5-3-2-4-12(13)17(19)20/h2-5,11,15H,6-10H2,1H3. The molecule has 1 saturated heterocycles. The van der Waals surface area contributed by atoms with Crippen molar-refractivity contribution in [3.63, 3.8) is 0 Å². The van der Waals surface area contributed by atoms with Crippen molar-refractivity contribution >= 4 is 11.6 Å². The van der Waals surface area contributed by atoms with Gasteiger partial charge in [0.15, 0.2) is 12.4 Å². The fourth-order valence-corrected chi connectivity index (χ4v) is 2.38. The number of nitrogens with zero attached hydrogens (tertiary/aromatic N) is 2. The highest BCUT2D eigenvalue weighted by Gasteiger charge is 2.23. The molecule has 7 heteroatoms. The molecule has 0 spiro atoms. The minimum atomic E-state index is -0.516. The molecular formula is C14H19N3O4. The van der Waals surface area contributed by atoms with Crippen LogP contribution in [0.15, 0.2) is 24.3 Å². The summed E-state index contributed by atoms with van der Waals surface area (Å²) >= 11 is 0. The minimum absolute atomic E-state index is 0.126. The number of hydrogen-bond donors (Lipinski definition) is 1. The molecule has 21 heavy (non-hydrogen) atoms. The Morgan fingerprint density at radius 3 is 2.71 bits per heavy atom. The molecule has 0 aromatic heterocycles. The van der Waals surface area contributed by atoms with Crippen molar-refractivity contribution < 1.29 is 14.5 Å². The number of para-hydroxylation sites is 2. The van der Waals surface area contributed by atoms with E-state index in [0.29, 0.717) is 19.1 Å². The fourth-order valence-electron chi connectivity index (χ4n) is 2.38. The molecule has 1 fully saturated rings. The Kier molecular flexibility index (Phi) is 5.10. The third kappa shape index (κ3) is 3.91. The molecule has 0 atom stereocenters. The van der Waals surface area contributed by atoms with E-state index in [1.807, 2.05) is 7.05 Å². The van der Waals surface area contributed by atoms with Crippen LogP contribution in [-0.2, 0) is 4.79 Å². The lowest BCUT2D eigenvalue weighted by Gasteiger charge is -2.31. The number of nitro groups is 1. The lowest BCUT2D eigenvalue weighted by Crippen LogP contribution is -2.45. The second-order valence-electron chi connectivity index (χ2n) is 4.96. The fraction of sp³-hybridized carbons (Fsp3) is 0.500. The molecule has 1 aliphatic heterocycles. The quantitative estimate of drug-likeness (QED) is 0.651. The highest BCUT2D eigenvalue weighted by molar-refractivity contribution is 5.78. The summed E-state index contributed by atoms with van der Waals surface area (Å²) in [5, 5.41) is 14.1. The van der Waals surface area contributed by atoms with Crippen LogP contribution in [0.1, 0.15) is 12.8 Å². The van der Waals surface area contributed by atoms with E-state index < -0.39 is 4.92 Å². The summed E-state index contributed by atoms with van der Waals surface area (Å²) in [6, 6.07) is 6.52. The largest absolute Gasteiger partial charge is 0.477 e.